The molecule has 0 aliphatic heterocycles. The predicted octanol–water partition coefficient (Wildman–Crippen LogP) is 4.21. The molecule has 0 heterocycles. The number of ketones is 1. The van der Waals surface area contributed by atoms with Crippen LogP contribution in [0.3, 0.4) is 0 Å². The lowest BCUT2D eigenvalue weighted by Crippen LogP contribution is -2.40. The van der Waals surface area contributed by atoms with E-state index >= 15 is 0 Å². The highest BCUT2D eigenvalue weighted by Crippen LogP contribution is 2.46. The van der Waals surface area contributed by atoms with Gasteiger partial charge in [0.15, 0.2) is 0 Å². The van der Waals surface area contributed by atoms with Crippen molar-refractivity contribution in [3.8, 4) is 0 Å². The third-order valence-electron chi connectivity index (χ3n) is 4.08. The first kappa shape index (κ1) is 12.7. The summed E-state index contributed by atoms with van der Waals surface area (Å²) in [6, 6.07) is 0. The summed E-state index contributed by atoms with van der Waals surface area (Å²) in [4.78, 5) is 12.2. The quantitative estimate of drug-likeness (QED) is 0.679. The van der Waals surface area contributed by atoms with Gasteiger partial charge >= 0.3 is 0 Å². The summed E-state index contributed by atoms with van der Waals surface area (Å²) >= 11 is 0. The molecule has 0 radical (unpaired) electrons. The van der Waals surface area contributed by atoms with Gasteiger partial charge < -0.3 is 0 Å². The van der Waals surface area contributed by atoms with Gasteiger partial charge in [0, 0.05) is 12.3 Å². The van der Waals surface area contributed by atoms with Crippen LogP contribution in [0.2, 0.25) is 0 Å². The SMILES string of the molecule is CCCC(=O)C1C(CC)CCCC1(C)C. The Balaban J connectivity index is 2.79. The Bertz CT molecular complexity index is 217. The first-order valence-electron chi connectivity index (χ1n) is 6.55. The lowest BCUT2D eigenvalue weighted by Gasteiger charge is -2.43. The molecule has 1 aliphatic carbocycles. The molecule has 2 unspecified atom stereocenters. The second kappa shape index (κ2) is 5.14. The number of hydrogen-bond donors (Lipinski definition) is 0. The molecular formula is C14H26O. The largest absolute Gasteiger partial charge is 0.299 e. The van der Waals surface area contributed by atoms with E-state index in [0.29, 0.717) is 17.6 Å². The van der Waals surface area contributed by atoms with Crippen LogP contribution in [0.4, 0.5) is 0 Å². The number of carbonyl (C=O) groups is 1. The van der Waals surface area contributed by atoms with Crippen molar-refractivity contribution in [3.05, 3.63) is 0 Å². The van der Waals surface area contributed by atoms with E-state index in [1.165, 1.54) is 25.7 Å². The molecule has 1 rings (SSSR count). The maximum absolute atomic E-state index is 12.2. The summed E-state index contributed by atoms with van der Waals surface area (Å²) in [5.41, 5.74) is 0.241. The summed E-state index contributed by atoms with van der Waals surface area (Å²) in [5, 5.41) is 0. The van der Waals surface area contributed by atoms with Crippen molar-refractivity contribution < 1.29 is 4.79 Å². The molecule has 1 fully saturated rings. The van der Waals surface area contributed by atoms with E-state index in [0.717, 1.165) is 12.8 Å². The van der Waals surface area contributed by atoms with Crippen LogP contribution < -0.4 is 0 Å². The smallest absolute Gasteiger partial charge is 0.136 e. The van der Waals surface area contributed by atoms with Crippen LogP contribution in [-0.2, 0) is 4.79 Å². The number of Topliss-reactive ketones (excluding diaryl/α,β-unsaturated/α-hetero) is 1. The van der Waals surface area contributed by atoms with Crippen LogP contribution in [0.25, 0.3) is 0 Å². The zero-order chi connectivity index (χ0) is 11.5. The normalized spacial score (nSPS) is 30.1. The fourth-order valence-corrected chi connectivity index (χ4v) is 3.32. The third-order valence-corrected chi connectivity index (χ3v) is 4.08. The zero-order valence-corrected chi connectivity index (χ0v) is 10.8. The van der Waals surface area contributed by atoms with E-state index in [-0.39, 0.29) is 5.41 Å². The van der Waals surface area contributed by atoms with Gasteiger partial charge in [-0.15, -0.1) is 0 Å². The van der Waals surface area contributed by atoms with Crippen LogP contribution in [-0.4, -0.2) is 5.78 Å². The summed E-state index contributed by atoms with van der Waals surface area (Å²) in [5.74, 6) is 1.50. The van der Waals surface area contributed by atoms with Crippen LogP contribution in [0.1, 0.15) is 66.2 Å². The lowest BCUT2D eigenvalue weighted by atomic mass is 9.61. The zero-order valence-electron chi connectivity index (χ0n) is 10.8. The van der Waals surface area contributed by atoms with Crippen molar-refractivity contribution in [3.63, 3.8) is 0 Å². The number of hydrogen-bond acceptors (Lipinski definition) is 1. The summed E-state index contributed by atoms with van der Waals surface area (Å²) in [6.45, 7) is 8.91. The molecule has 0 saturated heterocycles. The maximum Gasteiger partial charge on any atom is 0.136 e. The Labute approximate surface area is 94.6 Å². The Kier molecular flexibility index (Phi) is 4.36. The van der Waals surface area contributed by atoms with Gasteiger partial charge in [-0.1, -0.05) is 40.5 Å². The summed E-state index contributed by atoms with van der Waals surface area (Å²) in [7, 11) is 0. The second-order valence-corrected chi connectivity index (χ2v) is 5.74. The molecule has 0 aromatic rings. The van der Waals surface area contributed by atoms with E-state index in [1.807, 2.05) is 0 Å². The first-order chi connectivity index (χ1) is 7.03. The minimum atomic E-state index is 0.241. The average molecular weight is 210 g/mol. The molecule has 0 spiro atoms. The molecule has 2 atom stereocenters. The van der Waals surface area contributed by atoms with Crippen molar-refractivity contribution in [2.75, 3.05) is 0 Å². The fraction of sp³-hybridized carbons (Fsp3) is 0.929. The van der Waals surface area contributed by atoms with Crippen LogP contribution in [0, 0.1) is 17.3 Å². The molecule has 1 saturated carbocycles. The monoisotopic (exact) mass is 210 g/mol. The van der Waals surface area contributed by atoms with Gasteiger partial charge in [-0.25, -0.2) is 0 Å². The fourth-order valence-electron chi connectivity index (χ4n) is 3.32. The Morgan fingerprint density at radius 2 is 2.00 bits per heavy atom. The van der Waals surface area contributed by atoms with Gasteiger partial charge in [-0.3, -0.25) is 4.79 Å². The maximum atomic E-state index is 12.2. The predicted molar refractivity (Wildman–Crippen MR) is 64.8 cm³/mol. The molecule has 1 aliphatic rings. The van der Waals surface area contributed by atoms with Crippen molar-refractivity contribution in [2.24, 2.45) is 17.3 Å². The molecule has 0 amide bonds. The van der Waals surface area contributed by atoms with Crippen LogP contribution in [0.15, 0.2) is 0 Å². The molecule has 88 valence electrons. The molecule has 1 heteroatoms. The molecule has 0 N–H and O–H groups in total. The van der Waals surface area contributed by atoms with Gasteiger partial charge in [0.1, 0.15) is 5.78 Å². The van der Waals surface area contributed by atoms with E-state index in [1.54, 1.807) is 0 Å². The minimum absolute atomic E-state index is 0.241. The van der Waals surface area contributed by atoms with Gasteiger partial charge in [0.05, 0.1) is 0 Å². The van der Waals surface area contributed by atoms with Crippen molar-refractivity contribution >= 4 is 5.78 Å². The molecule has 15 heavy (non-hydrogen) atoms. The Hall–Kier alpha value is -0.330. The first-order valence-corrected chi connectivity index (χ1v) is 6.55. The van der Waals surface area contributed by atoms with Crippen molar-refractivity contribution in [2.45, 2.75) is 66.2 Å². The lowest BCUT2D eigenvalue weighted by molar-refractivity contribution is -0.131. The highest BCUT2D eigenvalue weighted by Gasteiger charge is 2.41. The van der Waals surface area contributed by atoms with Gasteiger partial charge in [0.2, 0.25) is 0 Å². The van der Waals surface area contributed by atoms with E-state index in [2.05, 4.69) is 27.7 Å². The van der Waals surface area contributed by atoms with Crippen molar-refractivity contribution in [1.82, 2.24) is 0 Å². The van der Waals surface area contributed by atoms with Gasteiger partial charge in [-0.2, -0.15) is 0 Å². The second-order valence-electron chi connectivity index (χ2n) is 5.74. The third kappa shape index (κ3) is 2.83. The summed E-state index contributed by atoms with van der Waals surface area (Å²) < 4.78 is 0. The van der Waals surface area contributed by atoms with E-state index in [9.17, 15) is 4.79 Å². The topological polar surface area (TPSA) is 17.1 Å². The Morgan fingerprint density at radius 3 is 2.53 bits per heavy atom. The van der Waals surface area contributed by atoms with E-state index in [4.69, 9.17) is 0 Å². The molecule has 0 aromatic carbocycles. The van der Waals surface area contributed by atoms with Gasteiger partial charge in [0.25, 0.3) is 0 Å². The molecule has 0 aromatic heterocycles. The summed E-state index contributed by atoms with van der Waals surface area (Å²) in [6.07, 6.45) is 6.75. The Morgan fingerprint density at radius 1 is 1.33 bits per heavy atom. The van der Waals surface area contributed by atoms with Crippen LogP contribution >= 0.6 is 0 Å². The highest BCUT2D eigenvalue weighted by molar-refractivity contribution is 5.82. The minimum Gasteiger partial charge on any atom is -0.299 e. The van der Waals surface area contributed by atoms with Crippen LogP contribution in [0.5, 0.6) is 0 Å². The highest BCUT2D eigenvalue weighted by atomic mass is 16.1. The molecule has 1 nitrogen and oxygen atoms in total. The van der Waals surface area contributed by atoms with E-state index < -0.39 is 0 Å². The van der Waals surface area contributed by atoms with Gasteiger partial charge in [-0.05, 0) is 30.6 Å². The average Bonchev–Trinajstić information content (AvgIpc) is 2.16. The standard InChI is InChI=1S/C14H26O/c1-5-8-12(15)13-11(6-2)9-7-10-14(13,3)4/h11,13H,5-10H2,1-4H3. The van der Waals surface area contributed by atoms with Crippen molar-refractivity contribution in [1.29, 1.82) is 0 Å². The molecule has 0 bridgehead atoms. The number of rotatable bonds is 4. The number of carbonyl (C=O) groups excluding carboxylic acids is 1. The molecular weight excluding hydrogens is 184 g/mol.